The summed E-state index contributed by atoms with van der Waals surface area (Å²) in [5.74, 6) is 0.650. The van der Waals surface area contributed by atoms with Gasteiger partial charge in [0.2, 0.25) is 0 Å². The molecule has 0 aliphatic carbocycles. The van der Waals surface area contributed by atoms with Gasteiger partial charge in [0, 0.05) is 16.8 Å². The first kappa shape index (κ1) is 12.5. The molecule has 2 aromatic rings. The molecule has 0 fully saturated rings. The van der Waals surface area contributed by atoms with E-state index in [9.17, 15) is 0 Å². The molecular weight excluding hydrogens is 277 g/mol. The van der Waals surface area contributed by atoms with E-state index in [0.29, 0.717) is 21.2 Å². The first-order valence-electron chi connectivity index (χ1n) is 4.78. The molecule has 0 aliphatic rings. The summed E-state index contributed by atoms with van der Waals surface area (Å²) >= 11 is 13.2. The van der Waals surface area contributed by atoms with Crippen molar-refractivity contribution in [3.8, 4) is 0 Å². The summed E-state index contributed by atoms with van der Waals surface area (Å²) in [5.41, 5.74) is 0.860. The van der Waals surface area contributed by atoms with Gasteiger partial charge in [-0.05, 0) is 24.5 Å². The lowest BCUT2D eigenvalue weighted by atomic mass is 10.3. The van der Waals surface area contributed by atoms with Gasteiger partial charge in [-0.3, -0.25) is 0 Å². The minimum atomic E-state index is 0.411. The number of hydrogen-bond acceptors (Lipinski definition) is 4. The molecule has 1 aromatic heterocycles. The standard InChI is InChI=1S/C11H9Cl2N3S/c1-17-11-15-9(13)6-10(16-11)14-8-4-2-3-7(12)5-8/h2-6H,1H3,(H,14,15,16). The predicted molar refractivity (Wildman–Crippen MR) is 73.6 cm³/mol. The maximum absolute atomic E-state index is 5.90. The highest BCUT2D eigenvalue weighted by molar-refractivity contribution is 7.98. The van der Waals surface area contributed by atoms with Crippen LogP contribution in [0.15, 0.2) is 35.5 Å². The van der Waals surface area contributed by atoms with E-state index in [1.165, 1.54) is 11.8 Å². The zero-order valence-electron chi connectivity index (χ0n) is 8.95. The van der Waals surface area contributed by atoms with Crippen LogP contribution in [0.1, 0.15) is 0 Å². The molecular formula is C11H9Cl2N3S. The van der Waals surface area contributed by atoms with E-state index < -0.39 is 0 Å². The average Bonchev–Trinajstić information content (AvgIpc) is 2.28. The Bertz CT molecular complexity index is 534. The lowest BCUT2D eigenvalue weighted by Gasteiger charge is -2.07. The second-order valence-electron chi connectivity index (χ2n) is 3.20. The number of rotatable bonds is 3. The fourth-order valence-electron chi connectivity index (χ4n) is 1.27. The summed E-state index contributed by atoms with van der Waals surface area (Å²) in [5, 5.41) is 4.83. The van der Waals surface area contributed by atoms with Gasteiger partial charge < -0.3 is 5.32 Å². The third kappa shape index (κ3) is 3.49. The van der Waals surface area contributed by atoms with Crippen molar-refractivity contribution in [2.24, 2.45) is 0 Å². The number of nitrogens with one attached hydrogen (secondary N) is 1. The fraction of sp³-hybridized carbons (Fsp3) is 0.0909. The molecule has 2 rings (SSSR count). The van der Waals surface area contributed by atoms with Crippen LogP contribution in [0.2, 0.25) is 10.2 Å². The van der Waals surface area contributed by atoms with Crippen LogP contribution in [0, 0.1) is 0 Å². The zero-order valence-corrected chi connectivity index (χ0v) is 11.3. The Morgan fingerprint density at radius 3 is 2.71 bits per heavy atom. The molecule has 0 aliphatic heterocycles. The van der Waals surface area contributed by atoms with Crippen molar-refractivity contribution in [2.75, 3.05) is 11.6 Å². The molecule has 1 aromatic carbocycles. The number of thioether (sulfide) groups is 1. The van der Waals surface area contributed by atoms with Crippen molar-refractivity contribution in [2.45, 2.75) is 5.16 Å². The molecule has 0 saturated heterocycles. The van der Waals surface area contributed by atoms with Gasteiger partial charge in [-0.2, -0.15) is 0 Å². The maximum Gasteiger partial charge on any atom is 0.190 e. The zero-order chi connectivity index (χ0) is 12.3. The Kier molecular flexibility index (Phi) is 4.10. The number of nitrogens with zero attached hydrogens (tertiary/aromatic N) is 2. The van der Waals surface area contributed by atoms with Crippen LogP contribution in [-0.2, 0) is 0 Å². The van der Waals surface area contributed by atoms with Crippen molar-refractivity contribution in [3.63, 3.8) is 0 Å². The summed E-state index contributed by atoms with van der Waals surface area (Å²) in [4.78, 5) is 8.35. The molecule has 0 unspecified atom stereocenters. The van der Waals surface area contributed by atoms with E-state index in [-0.39, 0.29) is 0 Å². The number of halogens is 2. The molecule has 1 heterocycles. The van der Waals surface area contributed by atoms with Gasteiger partial charge in [0.05, 0.1) is 0 Å². The molecule has 0 saturated carbocycles. The van der Waals surface area contributed by atoms with E-state index in [1.807, 2.05) is 30.5 Å². The van der Waals surface area contributed by atoms with Gasteiger partial charge in [-0.25, -0.2) is 9.97 Å². The molecule has 17 heavy (non-hydrogen) atoms. The minimum absolute atomic E-state index is 0.411. The van der Waals surface area contributed by atoms with Gasteiger partial charge in [0.15, 0.2) is 5.16 Å². The normalized spacial score (nSPS) is 10.3. The Hall–Kier alpha value is -0.970. The van der Waals surface area contributed by atoms with E-state index in [4.69, 9.17) is 23.2 Å². The molecule has 6 heteroatoms. The van der Waals surface area contributed by atoms with Crippen molar-refractivity contribution >= 4 is 46.5 Å². The minimum Gasteiger partial charge on any atom is -0.340 e. The predicted octanol–water partition coefficient (Wildman–Crippen LogP) is 4.25. The molecule has 3 nitrogen and oxygen atoms in total. The van der Waals surface area contributed by atoms with Crippen LogP contribution in [0.25, 0.3) is 0 Å². The third-order valence-corrected chi connectivity index (χ3v) is 2.93. The number of benzene rings is 1. The lowest BCUT2D eigenvalue weighted by molar-refractivity contribution is 0.976. The highest BCUT2D eigenvalue weighted by Crippen LogP contribution is 2.22. The van der Waals surface area contributed by atoms with Crippen LogP contribution >= 0.6 is 35.0 Å². The highest BCUT2D eigenvalue weighted by Gasteiger charge is 2.03. The van der Waals surface area contributed by atoms with Gasteiger partial charge in [-0.15, -0.1) is 0 Å². The van der Waals surface area contributed by atoms with E-state index in [0.717, 1.165) is 5.69 Å². The molecule has 0 bridgehead atoms. The Balaban J connectivity index is 2.26. The number of hydrogen-bond donors (Lipinski definition) is 1. The fourth-order valence-corrected chi connectivity index (χ4v) is 2.07. The molecule has 0 radical (unpaired) electrons. The lowest BCUT2D eigenvalue weighted by Crippen LogP contribution is -1.96. The van der Waals surface area contributed by atoms with Crippen LogP contribution < -0.4 is 5.32 Å². The molecule has 88 valence electrons. The van der Waals surface area contributed by atoms with Crippen LogP contribution in [0.4, 0.5) is 11.5 Å². The second-order valence-corrected chi connectivity index (χ2v) is 4.80. The van der Waals surface area contributed by atoms with E-state index in [1.54, 1.807) is 6.07 Å². The second kappa shape index (κ2) is 5.58. The summed E-state index contributed by atoms with van der Waals surface area (Å²) in [6, 6.07) is 9.06. The van der Waals surface area contributed by atoms with Crippen molar-refractivity contribution < 1.29 is 0 Å². The summed E-state index contributed by atoms with van der Waals surface area (Å²) in [7, 11) is 0. The number of anilines is 2. The average molecular weight is 286 g/mol. The van der Waals surface area contributed by atoms with Crippen molar-refractivity contribution in [3.05, 3.63) is 40.5 Å². The smallest absolute Gasteiger partial charge is 0.190 e. The summed E-state index contributed by atoms with van der Waals surface area (Å²) in [6.45, 7) is 0. The Labute approximate surface area is 114 Å². The van der Waals surface area contributed by atoms with Gasteiger partial charge in [0.25, 0.3) is 0 Å². The monoisotopic (exact) mass is 285 g/mol. The third-order valence-electron chi connectivity index (χ3n) is 1.95. The Morgan fingerprint density at radius 2 is 2.00 bits per heavy atom. The van der Waals surface area contributed by atoms with Gasteiger partial charge in [-0.1, -0.05) is 41.0 Å². The summed E-state index contributed by atoms with van der Waals surface area (Å²) < 4.78 is 0. The topological polar surface area (TPSA) is 37.8 Å². The highest BCUT2D eigenvalue weighted by atomic mass is 35.5. The molecule has 1 N–H and O–H groups in total. The quantitative estimate of drug-likeness (QED) is 0.520. The van der Waals surface area contributed by atoms with Crippen molar-refractivity contribution in [1.29, 1.82) is 0 Å². The molecule has 0 amide bonds. The first-order valence-corrected chi connectivity index (χ1v) is 6.76. The Morgan fingerprint density at radius 1 is 1.18 bits per heavy atom. The SMILES string of the molecule is CSc1nc(Cl)cc(Nc2cccc(Cl)c2)n1. The molecule has 0 atom stereocenters. The number of aromatic nitrogens is 2. The first-order chi connectivity index (χ1) is 8.17. The maximum atomic E-state index is 5.90. The summed E-state index contributed by atoms with van der Waals surface area (Å²) in [6.07, 6.45) is 1.90. The van der Waals surface area contributed by atoms with Crippen LogP contribution in [-0.4, -0.2) is 16.2 Å². The van der Waals surface area contributed by atoms with Gasteiger partial charge in [0.1, 0.15) is 11.0 Å². The van der Waals surface area contributed by atoms with Crippen molar-refractivity contribution in [1.82, 2.24) is 9.97 Å². The van der Waals surface area contributed by atoms with E-state index in [2.05, 4.69) is 15.3 Å². The largest absolute Gasteiger partial charge is 0.340 e. The molecule has 0 spiro atoms. The van der Waals surface area contributed by atoms with E-state index >= 15 is 0 Å². The van der Waals surface area contributed by atoms with Crippen LogP contribution in [0.5, 0.6) is 0 Å². The van der Waals surface area contributed by atoms with Gasteiger partial charge >= 0.3 is 0 Å². The van der Waals surface area contributed by atoms with Crippen LogP contribution in [0.3, 0.4) is 0 Å².